The minimum absolute atomic E-state index is 0.0966. The number of rotatable bonds is 12. The van der Waals surface area contributed by atoms with Gasteiger partial charge in [0.2, 0.25) is 11.8 Å². The molecule has 2 aromatic carbocycles. The van der Waals surface area contributed by atoms with Gasteiger partial charge in [-0.25, -0.2) is 24.9 Å². The highest BCUT2D eigenvalue weighted by Gasteiger charge is 2.34. The quantitative estimate of drug-likeness (QED) is 0.0608. The molecule has 3 saturated heterocycles. The molecule has 0 saturated carbocycles. The number of amides is 5. The molecule has 16 heterocycles. The number of anilines is 7. The van der Waals surface area contributed by atoms with Crippen molar-refractivity contribution in [3.8, 4) is 33.8 Å². The van der Waals surface area contributed by atoms with Crippen molar-refractivity contribution < 1.29 is 29.1 Å². The summed E-state index contributed by atoms with van der Waals surface area (Å²) in [5.41, 5.74) is 18.1. The molecule has 0 bridgehead atoms. The lowest BCUT2D eigenvalue weighted by Gasteiger charge is -2.31. The minimum atomic E-state index is -0.202. The van der Waals surface area contributed by atoms with E-state index in [0.717, 1.165) is 130 Å². The van der Waals surface area contributed by atoms with Crippen LogP contribution in [-0.4, -0.2) is 149 Å². The number of nitrogens with one attached hydrogen (secondary N) is 6. The van der Waals surface area contributed by atoms with E-state index in [0.29, 0.717) is 96.8 Å². The van der Waals surface area contributed by atoms with Crippen molar-refractivity contribution in [1.29, 1.82) is 0 Å². The van der Waals surface area contributed by atoms with Crippen molar-refractivity contribution >= 4 is 81.0 Å². The molecule has 5 amide bonds. The lowest BCUT2D eigenvalue weighted by molar-refractivity contribution is -0.127. The molecule has 2 unspecified atom stereocenters. The number of carbonyl (C=O) groups is 5. The predicted molar refractivity (Wildman–Crippen MR) is 369 cm³/mol. The maximum atomic E-state index is 12.7. The molecule has 9 aromatic heterocycles. The van der Waals surface area contributed by atoms with Crippen LogP contribution in [-0.2, 0) is 42.2 Å². The van der Waals surface area contributed by atoms with Crippen molar-refractivity contribution in [3.63, 3.8) is 0 Å². The number of aromatic nitrogens is 12. The van der Waals surface area contributed by atoms with E-state index in [1.54, 1.807) is 65.6 Å². The van der Waals surface area contributed by atoms with Crippen LogP contribution in [0.5, 0.6) is 0 Å². The third-order valence-electron chi connectivity index (χ3n) is 19.8. The molecule has 3 fully saturated rings. The summed E-state index contributed by atoms with van der Waals surface area (Å²) in [6.45, 7) is 5.38. The second kappa shape index (κ2) is 25.9. The Kier molecular flexibility index (Phi) is 16.2. The first kappa shape index (κ1) is 61.8. The van der Waals surface area contributed by atoms with Gasteiger partial charge in [-0.2, -0.15) is 5.10 Å². The molecule has 11 aromatic rings. The fraction of sp³-hybridized carbons (Fsp3) is 0.278. The predicted octanol–water partition coefficient (Wildman–Crippen LogP) is 8.07. The largest absolute Gasteiger partial charge is 0.393 e. The summed E-state index contributed by atoms with van der Waals surface area (Å²) in [5.74, 6) is 2.27. The number of aryl methyl sites for hydroxylation is 1. The highest BCUT2D eigenvalue weighted by Crippen LogP contribution is 2.40. The fourth-order valence-corrected chi connectivity index (χ4v) is 14.5. The first-order valence-corrected chi connectivity index (χ1v) is 33.2. The van der Waals surface area contributed by atoms with Crippen LogP contribution < -0.4 is 36.8 Å². The van der Waals surface area contributed by atoms with Gasteiger partial charge in [-0.3, -0.25) is 52.4 Å². The fourth-order valence-electron chi connectivity index (χ4n) is 14.5. The van der Waals surface area contributed by atoms with E-state index in [-0.39, 0.29) is 47.5 Å². The van der Waals surface area contributed by atoms with E-state index < -0.39 is 0 Å². The molecule has 27 nitrogen and oxygen atoms in total. The second-order valence-corrected chi connectivity index (χ2v) is 25.8. The molecule has 498 valence electrons. The van der Waals surface area contributed by atoms with Gasteiger partial charge >= 0.3 is 0 Å². The third kappa shape index (κ3) is 11.9. The smallest absolute Gasteiger partial charge is 0.254 e. The number of benzene rings is 2. The van der Waals surface area contributed by atoms with Crippen molar-refractivity contribution in [2.24, 2.45) is 0 Å². The van der Waals surface area contributed by atoms with Gasteiger partial charge in [0.05, 0.1) is 106 Å². The third-order valence-corrected chi connectivity index (χ3v) is 19.8. The zero-order chi connectivity index (χ0) is 67.4. The Morgan fingerprint density at radius 1 is 0.495 bits per heavy atom. The molecule has 27 heteroatoms. The zero-order valence-electron chi connectivity index (χ0n) is 54.3. The van der Waals surface area contributed by atoms with E-state index in [2.05, 4.69) is 81.5 Å². The number of imidazole rings is 2. The standard InChI is InChI=1S/2C24H21N7O2.C24H27N7O2/c2*1-30-13-15(8-22(30)32)14-2-5-20(26-9-14)29-18-4-3-16(17-10-28-24(33)23(17)18)19-11-27-21-12-25-6-7-31(19)21;32-16-6-9-30(10-7-16)15-4-5-21(25-11-15)29-19-14-26-23(18-12-27-24(33)22(18)19)17-13-28-31-8-2-1-3-20(17)31/h2*2-7,9,11-12,15H,8,10,13H2,1H3,(H,26,29)(H,28,33);4-5,11,13-14,16,32H,1-3,6-10,12H2,(H,25,29)(H,27,33). The lowest BCUT2D eigenvalue weighted by atomic mass is 9.99. The normalized spacial score (nSPS) is 17.7. The first-order valence-electron chi connectivity index (χ1n) is 33.2. The number of fused-ring (bicyclic) bond motifs is 6. The summed E-state index contributed by atoms with van der Waals surface area (Å²) in [6, 6.07) is 19.5. The molecule has 2 atom stereocenters. The second-order valence-electron chi connectivity index (χ2n) is 25.8. The van der Waals surface area contributed by atoms with E-state index in [1.165, 1.54) is 5.69 Å². The Bertz CT molecular complexity index is 4790. The number of hydrogen-bond donors (Lipinski definition) is 7. The highest BCUT2D eigenvalue weighted by molar-refractivity contribution is 6.08. The average molecular weight is 1320 g/mol. The van der Waals surface area contributed by atoms with Crippen LogP contribution in [0.4, 0.5) is 40.2 Å². The molecule has 0 radical (unpaired) electrons. The van der Waals surface area contributed by atoms with Crippen molar-refractivity contribution in [2.45, 2.75) is 89.1 Å². The number of likely N-dealkylation sites (tertiary alicyclic amines) is 2. The highest BCUT2D eigenvalue weighted by atomic mass is 16.3. The Morgan fingerprint density at radius 2 is 1.01 bits per heavy atom. The van der Waals surface area contributed by atoms with Gasteiger partial charge in [0.25, 0.3) is 17.7 Å². The van der Waals surface area contributed by atoms with E-state index in [4.69, 9.17) is 4.98 Å². The summed E-state index contributed by atoms with van der Waals surface area (Å²) in [6.07, 6.45) is 28.9. The van der Waals surface area contributed by atoms with Gasteiger partial charge in [0.15, 0.2) is 11.3 Å². The SMILES string of the molecule is CN1CC(c2ccc(Nc3ccc(-c4cnc5cnccn45)c4c3C(=O)NC4)nc2)CC1=O.CN1CC(c2ccc(Nc3ccc(-c4cnc5cnccn45)c4c3C(=O)NC4)nc2)CC1=O.O=C1NCc2c(-c3cnn4c3CCCC4)ncc(Nc3ccc(N4CCC(O)CC4)cn3)c21. The maximum Gasteiger partial charge on any atom is 0.254 e. The molecular formula is C72H69N21O6. The molecule has 7 aliphatic rings. The molecule has 18 rings (SSSR count). The Balaban J connectivity index is 0.000000116. The zero-order valence-corrected chi connectivity index (χ0v) is 54.3. The monoisotopic (exact) mass is 1320 g/mol. The Morgan fingerprint density at radius 3 is 1.52 bits per heavy atom. The van der Waals surface area contributed by atoms with E-state index >= 15 is 0 Å². The van der Waals surface area contributed by atoms with Crippen LogP contribution in [0, 0.1) is 0 Å². The van der Waals surface area contributed by atoms with Gasteiger partial charge in [0, 0.05) is 156 Å². The molecule has 0 aliphatic carbocycles. The average Bonchev–Trinajstić information content (AvgIpc) is 1.65. The van der Waals surface area contributed by atoms with Gasteiger partial charge in [-0.05, 0) is 90.8 Å². The minimum Gasteiger partial charge on any atom is -0.393 e. The maximum absolute atomic E-state index is 12.7. The lowest BCUT2D eigenvalue weighted by Crippen LogP contribution is -2.35. The molecular weight excluding hydrogens is 1250 g/mol. The number of likely N-dealkylation sites (N-methyl/N-ethyl adjacent to an activating group) is 2. The molecule has 99 heavy (non-hydrogen) atoms. The number of hydrogen-bond acceptors (Lipinski definition) is 19. The number of aliphatic hydroxyl groups excluding tert-OH is 1. The van der Waals surface area contributed by atoms with Gasteiger partial charge in [-0.1, -0.05) is 24.3 Å². The van der Waals surface area contributed by atoms with Crippen LogP contribution in [0.3, 0.4) is 0 Å². The van der Waals surface area contributed by atoms with Crippen molar-refractivity contribution in [1.82, 2.24) is 84.2 Å². The van der Waals surface area contributed by atoms with Gasteiger partial charge in [-0.15, -0.1) is 0 Å². The van der Waals surface area contributed by atoms with Crippen LogP contribution >= 0.6 is 0 Å². The van der Waals surface area contributed by atoms with E-state index in [9.17, 15) is 29.1 Å². The summed E-state index contributed by atoms with van der Waals surface area (Å²) in [7, 11) is 3.65. The number of nitrogens with zero attached hydrogens (tertiary/aromatic N) is 15. The van der Waals surface area contributed by atoms with Crippen LogP contribution in [0.1, 0.15) is 115 Å². The van der Waals surface area contributed by atoms with Gasteiger partial charge < -0.3 is 51.7 Å². The number of carbonyl (C=O) groups excluding carboxylic acids is 5. The topological polar surface area (TPSA) is 317 Å². The summed E-state index contributed by atoms with van der Waals surface area (Å²) < 4.78 is 5.99. The first-order chi connectivity index (χ1) is 48.3. The number of pyridine rings is 4. The summed E-state index contributed by atoms with van der Waals surface area (Å²) in [4.78, 5) is 103. The summed E-state index contributed by atoms with van der Waals surface area (Å²) >= 11 is 0. The van der Waals surface area contributed by atoms with Crippen LogP contribution in [0.25, 0.3) is 45.1 Å². The number of aliphatic hydroxyl groups is 1. The van der Waals surface area contributed by atoms with Crippen LogP contribution in [0.2, 0.25) is 0 Å². The van der Waals surface area contributed by atoms with Crippen LogP contribution in [0.15, 0.2) is 141 Å². The van der Waals surface area contributed by atoms with Gasteiger partial charge in [0.1, 0.15) is 17.5 Å². The number of piperidine rings is 1. The van der Waals surface area contributed by atoms with Crippen molar-refractivity contribution in [3.05, 3.63) is 191 Å². The Hall–Kier alpha value is -12.0. The van der Waals surface area contributed by atoms with E-state index in [1.807, 2.05) is 108 Å². The summed E-state index contributed by atoms with van der Waals surface area (Å²) in [5, 5.41) is 33.0. The molecule has 0 spiro atoms. The van der Waals surface area contributed by atoms with Crippen molar-refractivity contribution in [2.75, 3.05) is 61.1 Å². The molecule has 7 aliphatic heterocycles. The Labute approximate surface area is 567 Å². The molecule has 7 N–H and O–H groups in total.